The zero-order chi connectivity index (χ0) is 13.5. The number of piperidine rings is 1. The van der Waals surface area contributed by atoms with Crippen molar-refractivity contribution in [2.75, 3.05) is 33.4 Å². The van der Waals surface area contributed by atoms with Gasteiger partial charge in [0.05, 0.1) is 6.61 Å². The number of nitrogens with two attached hydrogens (primary N) is 1. The van der Waals surface area contributed by atoms with E-state index in [1.165, 1.54) is 7.11 Å². The Morgan fingerprint density at radius 3 is 2.56 bits per heavy atom. The van der Waals surface area contributed by atoms with Crippen molar-refractivity contribution in [3.63, 3.8) is 0 Å². The van der Waals surface area contributed by atoms with E-state index in [0.717, 1.165) is 0 Å². The second kappa shape index (κ2) is 7.33. The maximum absolute atomic E-state index is 11.9. The molecule has 0 radical (unpaired) electrons. The second-order valence-corrected chi connectivity index (χ2v) is 4.56. The molecule has 6 nitrogen and oxygen atoms in total. The summed E-state index contributed by atoms with van der Waals surface area (Å²) >= 11 is 0. The molecule has 6 heteroatoms. The zero-order valence-electron chi connectivity index (χ0n) is 11.1. The van der Waals surface area contributed by atoms with Crippen molar-refractivity contribution in [1.82, 2.24) is 10.2 Å². The first kappa shape index (κ1) is 14.9. The fourth-order valence-electron chi connectivity index (χ4n) is 2.17. The predicted molar refractivity (Wildman–Crippen MR) is 67.8 cm³/mol. The summed E-state index contributed by atoms with van der Waals surface area (Å²) in [7, 11) is 1.52. The first-order valence-electron chi connectivity index (χ1n) is 6.41. The van der Waals surface area contributed by atoms with Gasteiger partial charge in [0.1, 0.15) is 6.04 Å². The van der Waals surface area contributed by atoms with Crippen LogP contribution in [0.1, 0.15) is 19.8 Å². The Hall–Kier alpha value is -1.14. The van der Waals surface area contributed by atoms with Gasteiger partial charge in [-0.05, 0) is 19.8 Å². The molecule has 0 saturated carbocycles. The molecule has 18 heavy (non-hydrogen) atoms. The van der Waals surface area contributed by atoms with Crippen molar-refractivity contribution in [1.29, 1.82) is 0 Å². The van der Waals surface area contributed by atoms with E-state index in [2.05, 4.69) is 5.32 Å². The summed E-state index contributed by atoms with van der Waals surface area (Å²) in [5.41, 5.74) is 5.71. The Morgan fingerprint density at radius 2 is 2.06 bits per heavy atom. The molecule has 0 bridgehead atoms. The molecule has 1 aliphatic rings. The number of amides is 2. The van der Waals surface area contributed by atoms with E-state index < -0.39 is 6.04 Å². The van der Waals surface area contributed by atoms with Crippen LogP contribution in [0.15, 0.2) is 0 Å². The highest BCUT2D eigenvalue weighted by Gasteiger charge is 2.29. The summed E-state index contributed by atoms with van der Waals surface area (Å²) in [5, 5.41) is 2.82. The zero-order valence-corrected chi connectivity index (χ0v) is 11.1. The van der Waals surface area contributed by atoms with E-state index in [0.29, 0.717) is 32.5 Å². The molecule has 104 valence electrons. The summed E-state index contributed by atoms with van der Waals surface area (Å²) in [4.78, 5) is 25.3. The van der Waals surface area contributed by atoms with Crippen LogP contribution in [0, 0.1) is 5.92 Å². The van der Waals surface area contributed by atoms with Crippen LogP contribution in [-0.2, 0) is 14.3 Å². The highest BCUT2D eigenvalue weighted by molar-refractivity contribution is 5.83. The first-order chi connectivity index (χ1) is 8.60. The summed E-state index contributed by atoms with van der Waals surface area (Å²) in [6.07, 6.45) is 1.41. The molecular weight excluding hydrogens is 234 g/mol. The summed E-state index contributed by atoms with van der Waals surface area (Å²) in [6.45, 7) is 3.97. The molecule has 0 spiro atoms. The van der Waals surface area contributed by atoms with Crippen molar-refractivity contribution in [2.24, 2.45) is 11.7 Å². The Labute approximate surface area is 108 Å². The number of rotatable bonds is 5. The topological polar surface area (TPSA) is 84.7 Å². The quantitative estimate of drug-likeness (QED) is 0.684. The normalized spacial score (nSPS) is 18.5. The van der Waals surface area contributed by atoms with Crippen LogP contribution >= 0.6 is 0 Å². The number of carbonyl (C=O) groups excluding carboxylic acids is 2. The average molecular weight is 257 g/mol. The monoisotopic (exact) mass is 257 g/mol. The maximum Gasteiger partial charge on any atom is 0.241 e. The van der Waals surface area contributed by atoms with Gasteiger partial charge in [0.2, 0.25) is 11.8 Å². The summed E-state index contributed by atoms with van der Waals surface area (Å²) in [6, 6.07) is -0.601. The van der Waals surface area contributed by atoms with Crippen molar-refractivity contribution >= 4 is 11.8 Å². The Balaban J connectivity index is 2.39. The third kappa shape index (κ3) is 3.96. The Bertz CT molecular complexity index is 288. The minimum Gasteiger partial charge on any atom is -0.383 e. The highest BCUT2D eigenvalue weighted by Crippen LogP contribution is 2.17. The second-order valence-electron chi connectivity index (χ2n) is 4.56. The minimum atomic E-state index is -0.601. The highest BCUT2D eigenvalue weighted by atomic mass is 16.5. The molecule has 1 aliphatic heterocycles. The van der Waals surface area contributed by atoms with Crippen LogP contribution < -0.4 is 11.1 Å². The van der Waals surface area contributed by atoms with Crippen molar-refractivity contribution in [2.45, 2.75) is 25.8 Å². The Kier molecular flexibility index (Phi) is 6.07. The van der Waals surface area contributed by atoms with Gasteiger partial charge in [0.25, 0.3) is 0 Å². The van der Waals surface area contributed by atoms with Gasteiger partial charge in [-0.25, -0.2) is 0 Å². The van der Waals surface area contributed by atoms with E-state index >= 15 is 0 Å². The average Bonchev–Trinajstić information content (AvgIpc) is 2.38. The predicted octanol–water partition coefficient (Wildman–Crippen LogP) is -0.665. The van der Waals surface area contributed by atoms with E-state index in [9.17, 15) is 9.59 Å². The fourth-order valence-corrected chi connectivity index (χ4v) is 2.17. The molecule has 0 aromatic heterocycles. The molecule has 0 aliphatic carbocycles. The third-order valence-corrected chi connectivity index (χ3v) is 3.19. The number of hydrogen-bond donors (Lipinski definition) is 2. The molecule has 1 saturated heterocycles. The number of likely N-dealkylation sites (tertiary alicyclic amines) is 1. The molecule has 3 N–H and O–H groups in total. The van der Waals surface area contributed by atoms with E-state index in [-0.39, 0.29) is 24.3 Å². The molecule has 2 amide bonds. The number of nitrogens with one attached hydrogen (secondary N) is 1. The number of methoxy groups -OCH3 is 1. The molecule has 0 aromatic carbocycles. The lowest BCUT2D eigenvalue weighted by Crippen LogP contribution is -2.50. The van der Waals surface area contributed by atoms with Crippen LogP contribution in [0.4, 0.5) is 0 Å². The SMILES string of the molecule is CCNC(=O)C1CCN(C(=O)C(N)COC)CC1. The molecule has 1 heterocycles. The smallest absolute Gasteiger partial charge is 0.241 e. The van der Waals surface area contributed by atoms with Crippen LogP contribution in [0.5, 0.6) is 0 Å². The van der Waals surface area contributed by atoms with E-state index in [4.69, 9.17) is 10.5 Å². The maximum atomic E-state index is 11.9. The van der Waals surface area contributed by atoms with Crippen molar-refractivity contribution in [3.8, 4) is 0 Å². The Morgan fingerprint density at radius 1 is 1.44 bits per heavy atom. The summed E-state index contributed by atoms with van der Waals surface area (Å²) in [5.74, 6) is 0.0182. The van der Waals surface area contributed by atoms with E-state index in [1.54, 1.807) is 4.90 Å². The van der Waals surface area contributed by atoms with Gasteiger partial charge in [-0.3, -0.25) is 9.59 Å². The van der Waals surface area contributed by atoms with Gasteiger partial charge in [-0.2, -0.15) is 0 Å². The van der Waals surface area contributed by atoms with Gasteiger partial charge in [0.15, 0.2) is 0 Å². The van der Waals surface area contributed by atoms with Gasteiger partial charge in [-0.1, -0.05) is 0 Å². The fraction of sp³-hybridized carbons (Fsp3) is 0.833. The minimum absolute atomic E-state index is 0.0210. The lowest BCUT2D eigenvalue weighted by Gasteiger charge is -2.32. The van der Waals surface area contributed by atoms with Crippen LogP contribution in [0.2, 0.25) is 0 Å². The van der Waals surface area contributed by atoms with Crippen molar-refractivity contribution < 1.29 is 14.3 Å². The molecule has 1 fully saturated rings. The van der Waals surface area contributed by atoms with Gasteiger partial charge >= 0.3 is 0 Å². The van der Waals surface area contributed by atoms with Crippen molar-refractivity contribution in [3.05, 3.63) is 0 Å². The molecule has 1 unspecified atom stereocenters. The molecule has 1 rings (SSSR count). The number of ether oxygens (including phenoxy) is 1. The third-order valence-electron chi connectivity index (χ3n) is 3.19. The van der Waals surface area contributed by atoms with E-state index in [1.807, 2.05) is 6.92 Å². The first-order valence-corrected chi connectivity index (χ1v) is 6.41. The van der Waals surface area contributed by atoms with Gasteiger partial charge in [0, 0.05) is 32.7 Å². The lowest BCUT2D eigenvalue weighted by atomic mass is 9.95. The van der Waals surface area contributed by atoms with Crippen LogP contribution in [-0.4, -0.2) is 56.1 Å². The van der Waals surface area contributed by atoms with Gasteiger partial charge in [-0.15, -0.1) is 0 Å². The number of nitrogens with zero attached hydrogens (tertiary/aromatic N) is 1. The molecular formula is C12H23N3O3. The van der Waals surface area contributed by atoms with Crippen LogP contribution in [0.3, 0.4) is 0 Å². The van der Waals surface area contributed by atoms with Crippen LogP contribution in [0.25, 0.3) is 0 Å². The number of hydrogen-bond acceptors (Lipinski definition) is 4. The lowest BCUT2D eigenvalue weighted by molar-refractivity contribution is -0.137. The summed E-state index contributed by atoms with van der Waals surface area (Å²) < 4.78 is 4.87. The standard InChI is InChI=1S/C12H23N3O3/c1-3-14-11(16)9-4-6-15(7-5-9)12(17)10(13)8-18-2/h9-10H,3-8,13H2,1-2H3,(H,14,16). The number of carbonyl (C=O) groups is 2. The molecule has 0 aromatic rings. The van der Waals surface area contributed by atoms with Gasteiger partial charge < -0.3 is 20.7 Å². The molecule has 1 atom stereocenters. The largest absolute Gasteiger partial charge is 0.383 e.